The molecule has 0 spiro atoms. The van der Waals surface area contributed by atoms with Gasteiger partial charge in [0.2, 0.25) is 11.8 Å². The molecule has 1 aromatic heterocycles. The Labute approximate surface area is 113 Å². The lowest BCUT2D eigenvalue weighted by atomic mass is 10.1. The molecule has 0 saturated carbocycles. The minimum atomic E-state index is -0.237. The number of nitrogens with zero attached hydrogens (tertiary/aromatic N) is 2. The summed E-state index contributed by atoms with van der Waals surface area (Å²) in [5.74, 6) is -0.250. The van der Waals surface area contributed by atoms with Gasteiger partial charge in [-0.15, -0.1) is 0 Å². The zero-order valence-corrected chi connectivity index (χ0v) is 11.3. The predicted octanol–water partition coefficient (Wildman–Crippen LogP) is 0.955. The molecule has 0 aromatic carbocycles. The van der Waals surface area contributed by atoms with Crippen LogP contribution in [0.3, 0.4) is 0 Å². The van der Waals surface area contributed by atoms with Gasteiger partial charge >= 0.3 is 0 Å². The molecule has 1 N–H and O–H groups in total. The minimum Gasteiger partial charge on any atom is -0.354 e. The molecule has 19 heavy (non-hydrogen) atoms. The van der Waals surface area contributed by atoms with Crippen molar-refractivity contribution in [2.24, 2.45) is 5.92 Å². The number of nitrogens with one attached hydrogen (secondary N) is 1. The van der Waals surface area contributed by atoms with Crippen molar-refractivity contribution < 1.29 is 9.59 Å². The van der Waals surface area contributed by atoms with Crippen LogP contribution in [0.5, 0.6) is 0 Å². The topological polar surface area (TPSA) is 62.3 Å². The fourth-order valence-electron chi connectivity index (χ4n) is 2.19. The quantitative estimate of drug-likeness (QED) is 0.878. The lowest BCUT2D eigenvalue weighted by Gasteiger charge is -2.16. The van der Waals surface area contributed by atoms with Crippen molar-refractivity contribution in [1.29, 1.82) is 0 Å². The van der Waals surface area contributed by atoms with Crippen LogP contribution in [0.2, 0.25) is 0 Å². The summed E-state index contributed by atoms with van der Waals surface area (Å²) in [5, 5.41) is 2.86. The van der Waals surface area contributed by atoms with E-state index in [1.165, 1.54) is 0 Å². The standard InChI is InChI=1S/C14H19N3O2/c1-10(2)16-14(19)11-7-13(18)17(8-11)9-12-5-3-4-6-15-12/h3-6,10-11H,7-9H2,1-2H3,(H,16,19)/t11-/m0/s1. The van der Waals surface area contributed by atoms with Crippen LogP contribution in [-0.2, 0) is 16.1 Å². The summed E-state index contributed by atoms with van der Waals surface area (Å²) >= 11 is 0. The van der Waals surface area contributed by atoms with E-state index in [0.29, 0.717) is 19.5 Å². The Bertz CT molecular complexity index is 459. The summed E-state index contributed by atoms with van der Waals surface area (Å²) in [6.45, 7) is 4.79. The zero-order chi connectivity index (χ0) is 13.8. The summed E-state index contributed by atoms with van der Waals surface area (Å²) in [7, 11) is 0. The van der Waals surface area contributed by atoms with E-state index < -0.39 is 0 Å². The fourth-order valence-corrected chi connectivity index (χ4v) is 2.19. The van der Waals surface area contributed by atoms with Crippen molar-refractivity contribution in [2.45, 2.75) is 32.9 Å². The summed E-state index contributed by atoms with van der Waals surface area (Å²) in [6.07, 6.45) is 2.00. The van der Waals surface area contributed by atoms with E-state index in [9.17, 15) is 9.59 Å². The Hall–Kier alpha value is -1.91. The molecule has 1 saturated heterocycles. The highest BCUT2D eigenvalue weighted by molar-refractivity contribution is 5.89. The van der Waals surface area contributed by atoms with E-state index >= 15 is 0 Å². The SMILES string of the molecule is CC(C)NC(=O)[C@H]1CC(=O)N(Cc2ccccn2)C1. The number of hydrogen-bond acceptors (Lipinski definition) is 3. The van der Waals surface area contributed by atoms with E-state index in [4.69, 9.17) is 0 Å². The van der Waals surface area contributed by atoms with Crippen LogP contribution in [0.4, 0.5) is 0 Å². The van der Waals surface area contributed by atoms with Gasteiger partial charge in [-0.3, -0.25) is 14.6 Å². The van der Waals surface area contributed by atoms with Crippen LogP contribution in [-0.4, -0.2) is 34.3 Å². The number of carbonyl (C=O) groups is 2. The molecule has 5 nitrogen and oxygen atoms in total. The van der Waals surface area contributed by atoms with Crippen molar-refractivity contribution >= 4 is 11.8 Å². The second-order valence-electron chi connectivity index (χ2n) is 5.16. The Morgan fingerprint density at radius 3 is 2.95 bits per heavy atom. The molecule has 0 radical (unpaired) electrons. The van der Waals surface area contributed by atoms with Crippen molar-refractivity contribution in [3.63, 3.8) is 0 Å². The van der Waals surface area contributed by atoms with Crippen LogP contribution in [0, 0.1) is 5.92 Å². The van der Waals surface area contributed by atoms with E-state index in [0.717, 1.165) is 5.69 Å². The van der Waals surface area contributed by atoms with Crippen LogP contribution in [0.1, 0.15) is 26.0 Å². The minimum absolute atomic E-state index is 0.0227. The molecule has 0 aliphatic carbocycles. The molecule has 1 atom stereocenters. The molecule has 5 heteroatoms. The van der Waals surface area contributed by atoms with Crippen LogP contribution < -0.4 is 5.32 Å². The van der Waals surface area contributed by atoms with Gasteiger partial charge in [-0.1, -0.05) is 6.07 Å². The van der Waals surface area contributed by atoms with Crippen molar-refractivity contribution in [2.75, 3.05) is 6.54 Å². The molecule has 0 bridgehead atoms. The van der Waals surface area contributed by atoms with E-state index in [2.05, 4.69) is 10.3 Å². The molecule has 0 unspecified atom stereocenters. The summed E-state index contributed by atoms with van der Waals surface area (Å²) < 4.78 is 0. The predicted molar refractivity (Wildman–Crippen MR) is 71.0 cm³/mol. The average Bonchev–Trinajstić information content (AvgIpc) is 2.72. The number of aromatic nitrogens is 1. The van der Waals surface area contributed by atoms with Crippen LogP contribution in [0.15, 0.2) is 24.4 Å². The number of likely N-dealkylation sites (tertiary alicyclic amines) is 1. The van der Waals surface area contributed by atoms with Crippen molar-refractivity contribution in [1.82, 2.24) is 15.2 Å². The first-order chi connectivity index (χ1) is 9.06. The third kappa shape index (κ3) is 3.53. The monoisotopic (exact) mass is 261 g/mol. The van der Waals surface area contributed by atoms with Gasteiger partial charge in [-0.25, -0.2) is 0 Å². The van der Waals surface area contributed by atoms with Gasteiger partial charge in [-0.05, 0) is 26.0 Å². The summed E-state index contributed by atoms with van der Waals surface area (Å²) in [4.78, 5) is 29.7. The fraction of sp³-hybridized carbons (Fsp3) is 0.500. The first-order valence-electron chi connectivity index (χ1n) is 6.54. The van der Waals surface area contributed by atoms with Gasteiger partial charge in [0.25, 0.3) is 0 Å². The smallest absolute Gasteiger partial charge is 0.225 e. The number of pyridine rings is 1. The highest BCUT2D eigenvalue weighted by atomic mass is 16.2. The molecule has 1 aromatic rings. The normalized spacial score (nSPS) is 19.0. The van der Waals surface area contributed by atoms with Gasteiger partial charge < -0.3 is 10.2 Å². The Balaban J connectivity index is 1.94. The Kier molecular flexibility index (Phi) is 4.14. The van der Waals surface area contributed by atoms with Gasteiger partial charge in [0.15, 0.2) is 0 Å². The maximum atomic E-state index is 11.9. The molecular formula is C14H19N3O2. The maximum Gasteiger partial charge on any atom is 0.225 e. The second kappa shape index (κ2) is 5.82. The van der Waals surface area contributed by atoms with E-state index in [-0.39, 0.29) is 23.8 Å². The van der Waals surface area contributed by atoms with Crippen LogP contribution in [0.25, 0.3) is 0 Å². The molecule has 2 amide bonds. The number of rotatable bonds is 4. The first kappa shape index (κ1) is 13.5. The molecule has 102 valence electrons. The van der Waals surface area contributed by atoms with Gasteiger partial charge in [0, 0.05) is 25.2 Å². The number of carbonyl (C=O) groups excluding carboxylic acids is 2. The highest BCUT2D eigenvalue weighted by Crippen LogP contribution is 2.19. The molecule has 2 rings (SSSR count). The van der Waals surface area contributed by atoms with Crippen LogP contribution >= 0.6 is 0 Å². The largest absolute Gasteiger partial charge is 0.354 e. The molecule has 2 heterocycles. The molecule has 1 aliphatic rings. The lowest BCUT2D eigenvalue weighted by molar-refractivity contribution is -0.129. The van der Waals surface area contributed by atoms with Crippen molar-refractivity contribution in [3.05, 3.63) is 30.1 Å². The lowest BCUT2D eigenvalue weighted by Crippen LogP contribution is -2.36. The average molecular weight is 261 g/mol. The summed E-state index contributed by atoms with van der Waals surface area (Å²) in [6, 6.07) is 5.72. The third-order valence-corrected chi connectivity index (χ3v) is 3.10. The van der Waals surface area contributed by atoms with E-state index in [1.54, 1.807) is 11.1 Å². The van der Waals surface area contributed by atoms with E-state index in [1.807, 2.05) is 32.0 Å². The number of amides is 2. The molecular weight excluding hydrogens is 242 g/mol. The Morgan fingerprint density at radius 2 is 2.32 bits per heavy atom. The highest BCUT2D eigenvalue weighted by Gasteiger charge is 2.34. The van der Waals surface area contributed by atoms with Gasteiger partial charge in [0.1, 0.15) is 0 Å². The Morgan fingerprint density at radius 1 is 1.53 bits per heavy atom. The number of hydrogen-bond donors (Lipinski definition) is 1. The molecule has 1 fully saturated rings. The third-order valence-electron chi connectivity index (χ3n) is 3.10. The molecule has 1 aliphatic heterocycles. The second-order valence-corrected chi connectivity index (χ2v) is 5.16. The van der Waals surface area contributed by atoms with Gasteiger partial charge in [0.05, 0.1) is 18.2 Å². The summed E-state index contributed by atoms with van der Waals surface area (Å²) in [5.41, 5.74) is 0.848. The van der Waals surface area contributed by atoms with Gasteiger partial charge in [-0.2, -0.15) is 0 Å². The first-order valence-corrected chi connectivity index (χ1v) is 6.54. The maximum absolute atomic E-state index is 11.9. The zero-order valence-electron chi connectivity index (χ0n) is 11.3. The van der Waals surface area contributed by atoms with Crippen molar-refractivity contribution in [3.8, 4) is 0 Å².